The van der Waals surface area contributed by atoms with Gasteiger partial charge in [0, 0.05) is 25.2 Å². The second kappa shape index (κ2) is 6.38. The van der Waals surface area contributed by atoms with Gasteiger partial charge in [0.2, 0.25) is 9.84 Å². The Bertz CT molecular complexity index is 1040. The summed E-state index contributed by atoms with van der Waals surface area (Å²) in [6.07, 6.45) is 0. The van der Waals surface area contributed by atoms with Crippen LogP contribution in [0.3, 0.4) is 0 Å². The van der Waals surface area contributed by atoms with Crippen LogP contribution in [0.15, 0.2) is 52.3 Å². The highest BCUT2D eigenvalue weighted by Gasteiger charge is 2.35. The van der Waals surface area contributed by atoms with Gasteiger partial charge in [0.05, 0.1) is 15.4 Å². The van der Waals surface area contributed by atoms with Gasteiger partial charge < -0.3 is 9.64 Å². The van der Waals surface area contributed by atoms with Crippen LogP contribution < -0.4 is 0 Å². The minimum absolute atomic E-state index is 0.00428. The first-order valence-electron chi connectivity index (χ1n) is 7.63. The molecule has 0 saturated carbocycles. The highest BCUT2D eigenvalue weighted by Crippen LogP contribution is 2.34. The molecule has 3 rings (SSSR count). The van der Waals surface area contributed by atoms with Crippen LogP contribution in [-0.2, 0) is 19.4 Å². The molecule has 1 heterocycles. The van der Waals surface area contributed by atoms with E-state index in [1.165, 1.54) is 49.3 Å². The van der Waals surface area contributed by atoms with Gasteiger partial charge in [-0.3, -0.25) is 9.59 Å². The molecule has 1 amide bonds. The van der Waals surface area contributed by atoms with Crippen molar-refractivity contribution in [2.24, 2.45) is 0 Å². The van der Waals surface area contributed by atoms with Crippen molar-refractivity contribution in [1.29, 1.82) is 0 Å². The molecule has 0 fully saturated rings. The molecular formula is C18H15NO6S. The molecule has 8 heteroatoms. The molecule has 0 spiro atoms. The van der Waals surface area contributed by atoms with Gasteiger partial charge in [0.25, 0.3) is 5.91 Å². The van der Waals surface area contributed by atoms with Gasteiger partial charge in [-0.25, -0.2) is 13.2 Å². The fourth-order valence-electron chi connectivity index (χ4n) is 2.55. The van der Waals surface area contributed by atoms with Gasteiger partial charge in [0.1, 0.15) is 0 Å². The van der Waals surface area contributed by atoms with Gasteiger partial charge in [-0.2, -0.15) is 0 Å². The van der Waals surface area contributed by atoms with Crippen LogP contribution in [0, 0.1) is 0 Å². The third kappa shape index (κ3) is 2.88. The molecular weight excluding hydrogens is 358 g/mol. The molecule has 134 valence electrons. The topological polar surface area (TPSA) is 97.8 Å². The molecule has 0 unspecified atom stereocenters. The lowest BCUT2D eigenvalue weighted by Crippen LogP contribution is -2.27. The number of fused-ring (bicyclic) bond motifs is 2. The van der Waals surface area contributed by atoms with Crippen LogP contribution in [0.25, 0.3) is 0 Å². The first kappa shape index (κ1) is 17.8. The summed E-state index contributed by atoms with van der Waals surface area (Å²) in [6, 6.07) is 9.63. The molecule has 0 atom stereocenters. The molecule has 0 aromatic heterocycles. The largest absolute Gasteiger partial charge is 0.452 e. The van der Waals surface area contributed by atoms with Crippen molar-refractivity contribution in [3.05, 3.63) is 59.2 Å². The monoisotopic (exact) mass is 373 g/mol. The smallest absolute Gasteiger partial charge is 0.338 e. The maximum Gasteiger partial charge on any atom is 0.338 e. The van der Waals surface area contributed by atoms with Crippen LogP contribution >= 0.6 is 0 Å². The van der Waals surface area contributed by atoms with E-state index >= 15 is 0 Å². The summed E-state index contributed by atoms with van der Waals surface area (Å²) in [6.45, 7) is -0.461. The highest BCUT2D eigenvalue weighted by molar-refractivity contribution is 7.91. The van der Waals surface area contributed by atoms with Crippen LogP contribution in [0.4, 0.5) is 0 Å². The second-order valence-corrected chi connectivity index (χ2v) is 7.79. The summed E-state index contributed by atoms with van der Waals surface area (Å²) in [5.41, 5.74) is 0.0580. The third-order valence-electron chi connectivity index (χ3n) is 4.00. The number of ketones is 1. The highest BCUT2D eigenvalue weighted by atomic mass is 32.2. The van der Waals surface area contributed by atoms with E-state index in [1.807, 2.05) is 0 Å². The van der Waals surface area contributed by atoms with E-state index in [0.29, 0.717) is 0 Å². The fourth-order valence-corrected chi connectivity index (χ4v) is 4.23. The summed E-state index contributed by atoms with van der Waals surface area (Å²) in [7, 11) is -0.902. The van der Waals surface area contributed by atoms with E-state index < -0.39 is 34.1 Å². The summed E-state index contributed by atoms with van der Waals surface area (Å²) >= 11 is 0. The molecule has 26 heavy (non-hydrogen) atoms. The van der Waals surface area contributed by atoms with Gasteiger partial charge in [-0.1, -0.05) is 12.1 Å². The number of esters is 1. The Morgan fingerprint density at radius 1 is 1.00 bits per heavy atom. The number of sulfone groups is 1. The van der Waals surface area contributed by atoms with Gasteiger partial charge >= 0.3 is 5.97 Å². The van der Waals surface area contributed by atoms with Crippen molar-refractivity contribution in [2.75, 3.05) is 20.7 Å². The molecule has 1 aliphatic heterocycles. The molecule has 7 nitrogen and oxygen atoms in total. The quantitative estimate of drug-likeness (QED) is 0.642. The van der Waals surface area contributed by atoms with E-state index in [4.69, 9.17) is 4.74 Å². The maximum absolute atomic E-state index is 12.8. The van der Waals surface area contributed by atoms with Crippen molar-refractivity contribution in [3.8, 4) is 0 Å². The maximum atomic E-state index is 12.8. The Kier molecular flexibility index (Phi) is 4.37. The van der Waals surface area contributed by atoms with Gasteiger partial charge in [-0.15, -0.1) is 0 Å². The van der Waals surface area contributed by atoms with Crippen molar-refractivity contribution in [1.82, 2.24) is 4.90 Å². The van der Waals surface area contributed by atoms with Crippen molar-refractivity contribution < 1.29 is 27.5 Å². The van der Waals surface area contributed by atoms with Gasteiger partial charge in [-0.05, 0) is 30.3 Å². The SMILES string of the molecule is CN(C)C(=O)COC(=O)c1ccc2c(c1)S(=O)(=O)c1ccccc1C2=O. The molecule has 0 saturated heterocycles. The Hall–Kier alpha value is -3.00. The second-order valence-electron chi connectivity index (χ2n) is 5.90. The Morgan fingerprint density at radius 3 is 2.35 bits per heavy atom. The average molecular weight is 373 g/mol. The zero-order valence-corrected chi connectivity index (χ0v) is 14.9. The Balaban J connectivity index is 1.98. The molecule has 2 aromatic rings. The molecule has 0 radical (unpaired) electrons. The summed E-state index contributed by atoms with van der Waals surface area (Å²) < 4.78 is 30.5. The lowest BCUT2D eigenvalue weighted by Gasteiger charge is -2.19. The van der Waals surface area contributed by atoms with Gasteiger partial charge in [0.15, 0.2) is 12.4 Å². The van der Waals surface area contributed by atoms with Crippen LogP contribution in [-0.4, -0.2) is 51.7 Å². The number of hydrogen-bond donors (Lipinski definition) is 0. The predicted molar refractivity (Wildman–Crippen MR) is 90.7 cm³/mol. The summed E-state index contributed by atoms with van der Waals surface area (Å²) in [4.78, 5) is 37.1. The third-order valence-corrected chi connectivity index (χ3v) is 5.85. The normalized spacial score (nSPS) is 14.2. The van der Waals surface area contributed by atoms with Crippen LogP contribution in [0.5, 0.6) is 0 Å². The summed E-state index contributed by atoms with van der Waals surface area (Å²) in [5.74, 6) is -1.68. The fraction of sp³-hybridized carbons (Fsp3) is 0.167. The number of rotatable bonds is 3. The first-order chi connectivity index (χ1) is 12.2. The Labute approximate surface area is 150 Å². The molecule has 0 N–H and O–H groups in total. The minimum Gasteiger partial charge on any atom is -0.452 e. The standard InChI is InChI=1S/C18H15NO6S/c1-19(2)16(20)10-25-18(22)11-7-8-13-15(9-11)26(23,24)14-6-4-3-5-12(14)17(13)21/h3-9H,10H2,1-2H3. The number of benzene rings is 2. The number of amides is 1. The number of carbonyl (C=O) groups excluding carboxylic acids is 3. The molecule has 1 aliphatic rings. The van der Waals surface area contributed by atoms with E-state index in [-0.39, 0.29) is 26.5 Å². The zero-order chi connectivity index (χ0) is 19.1. The van der Waals surface area contributed by atoms with Crippen LogP contribution in [0.2, 0.25) is 0 Å². The molecule has 0 aliphatic carbocycles. The number of carbonyl (C=O) groups is 3. The first-order valence-corrected chi connectivity index (χ1v) is 9.12. The van der Waals surface area contributed by atoms with E-state index in [0.717, 1.165) is 6.07 Å². The van der Waals surface area contributed by atoms with Crippen LogP contribution in [0.1, 0.15) is 26.3 Å². The lowest BCUT2D eigenvalue weighted by molar-refractivity contribution is -0.131. The minimum atomic E-state index is -3.94. The zero-order valence-electron chi connectivity index (χ0n) is 14.1. The number of likely N-dealkylation sites (N-methyl/N-ethyl adjacent to an activating group) is 1. The number of ether oxygens (including phenoxy) is 1. The van der Waals surface area contributed by atoms with E-state index in [2.05, 4.69) is 0 Å². The Morgan fingerprint density at radius 2 is 1.65 bits per heavy atom. The van der Waals surface area contributed by atoms with E-state index in [9.17, 15) is 22.8 Å². The predicted octanol–water partition coefficient (Wildman–Crippen LogP) is 1.31. The number of hydrogen-bond acceptors (Lipinski definition) is 6. The molecule has 2 aromatic carbocycles. The summed E-state index contributed by atoms with van der Waals surface area (Å²) in [5, 5.41) is 0. The van der Waals surface area contributed by atoms with Crippen molar-refractivity contribution in [2.45, 2.75) is 9.79 Å². The number of nitrogens with zero attached hydrogens (tertiary/aromatic N) is 1. The lowest BCUT2D eigenvalue weighted by atomic mass is 10.0. The van der Waals surface area contributed by atoms with Crippen molar-refractivity contribution in [3.63, 3.8) is 0 Å². The van der Waals surface area contributed by atoms with E-state index in [1.54, 1.807) is 6.07 Å². The average Bonchev–Trinajstić information content (AvgIpc) is 2.63. The molecule has 0 bridgehead atoms. The van der Waals surface area contributed by atoms with Crippen molar-refractivity contribution >= 4 is 27.5 Å².